The summed E-state index contributed by atoms with van der Waals surface area (Å²) in [5, 5.41) is 15.5. The molecule has 0 atom stereocenters. The Morgan fingerprint density at radius 2 is 1.96 bits per heavy atom. The van der Waals surface area contributed by atoms with Gasteiger partial charge in [0.25, 0.3) is 0 Å². The number of ether oxygens (including phenoxy) is 1. The normalized spacial score (nSPS) is 11.1. The molecule has 3 aromatic rings. The van der Waals surface area contributed by atoms with Crippen LogP contribution < -0.4 is 20.8 Å². The number of hydrogen-bond acceptors (Lipinski definition) is 4. The fourth-order valence-corrected chi connectivity index (χ4v) is 3.67. The SMILES string of the molecule is CCCc1cc(=O)oc2c(C[NH2+]CCc3ccccc3OC)c([O-])c(Cl)cc12. The standard InChI is InChI=1S/C22H24ClNO4/c1-3-6-15-11-20(25)28-22-16(15)12-18(23)21(26)17(22)13-24-10-9-14-7-4-5-8-19(14)27-2/h4-5,7-8,11-12,24,26H,3,6,9-10,13H2,1-2H3. The minimum absolute atomic E-state index is 0.159. The summed E-state index contributed by atoms with van der Waals surface area (Å²) in [7, 11) is 1.65. The number of nitrogens with two attached hydrogens (primary N) is 1. The quantitative estimate of drug-likeness (QED) is 0.465. The Bertz CT molecular complexity index is 1030. The van der Waals surface area contributed by atoms with Gasteiger partial charge in [0.15, 0.2) is 0 Å². The molecule has 0 unspecified atom stereocenters. The Hall–Kier alpha value is -2.50. The number of para-hydroxylation sites is 1. The van der Waals surface area contributed by atoms with Crippen molar-refractivity contribution in [3.63, 3.8) is 0 Å². The lowest BCUT2D eigenvalue weighted by molar-refractivity contribution is -0.670. The van der Waals surface area contributed by atoms with Gasteiger partial charge in [0, 0.05) is 28.5 Å². The van der Waals surface area contributed by atoms with Crippen LogP contribution in [0.5, 0.6) is 11.5 Å². The zero-order valence-electron chi connectivity index (χ0n) is 16.1. The van der Waals surface area contributed by atoms with Crippen LogP contribution in [-0.4, -0.2) is 13.7 Å². The van der Waals surface area contributed by atoms with Crippen LogP contribution in [0.4, 0.5) is 0 Å². The second kappa shape index (κ2) is 9.13. The molecule has 1 heterocycles. The first-order valence-corrected chi connectivity index (χ1v) is 9.81. The van der Waals surface area contributed by atoms with E-state index in [1.165, 1.54) is 6.07 Å². The highest BCUT2D eigenvalue weighted by Gasteiger charge is 2.14. The Morgan fingerprint density at radius 1 is 1.18 bits per heavy atom. The fourth-order valence-electron chi connectivity index (χ4n) is 3.45. The molecule has 0 saturated heterocycles. The molecule has 3 rings (SSSR count). The zero-order valence-corrected chi connectivity index (χ0v) is 16.8. The van der Waals surface area contributed by atoms with E-state index in [2.05, 4.69) is 0 Å². The lowest BCUT2D eigenvalue weighted by atomic mass is 10.0. The molecule has 0 aliphatic carbocycles. The summed E-state index contributed by atoms with van der Waals surface area (Å²) in [4.78, 5) is 12.0. The number of benzene rings is 2. The van der Waals surface area contributed by atoms with Crippen molar-refractivity contribution in [3.8, 4) is 11.5 Å². The molecule has 28 heavy (non-hydrogen) atoms. The first-order valence-electron chi connectivity index (χ1n) is 9.43. The van der Waals surface area contributed by atoms with Crippen LogP contribution in [0.2, 0.25) is 5.02 Å². The van der Waals surface area contributed by atoms with Crippen molar-refractivity contribution in [1.29, 1.82) is 0 Å². The Morgan fingerprint density at radius 3 is 2.71 bits per heavy atom. The molecular formula is C22H24ClNO4. The summed E-state index contributed by atoms with van der Waals surface area (Å²) in [6.45, 7) is 3.19. The van der Waals surface area contributed by atoms with E-state index < -0.39 is 5.63 Å². The van der Waals surface area contributed by atoms with Crippen LogP contribution in [-0.2, 0) is 19.4 Å². The molecule has 5 nitrogen and oxygen atoms in total. The van der Waals surface area contributed by atoms with Gasteiger partial charge in [-0.1, -0.05) is 48.9 Å². The van der Waals surface area contributed by atoms with E-state index in [0.717, 1.165) is 48.1 Å². The maximum atomic E-state index is 12.6. The Labute approximate surface area is 168 Å². The summed E-state index contributed by atoms with van der Waals surface area (Å²) in [6.07, 6.45) is 2.41. The van der Waals surface area contributed by atoms with Crippen molar-refractivity contribution in [1.82, 2.24) is 0 Å². The minimum Gasteiger partial charge on any atom is -0.871 e. The molecule has 0 aliphatic rings. The third kappa shape index (κ3) is 4.32. The van der Waals surface area contributed by atoms with Crippen LogP contribution in [0.3, 0.4) is 0 Å². The highest BCUT2D eigenvalue weighted by molar-refractivity contribution is 6.33. The van der Waals surface area contributed by atoms with E-state index in [0.29, 0.717) is 17.7 Å². The molecule has 0 fully saturated rings. The van der Waals surface area contributed by atoms with E-state index in [1.807, 2.05) is 36.5 Å². The summed E-state index contributed by atoms with van der Waals surface area (Å²) >= 11 is 6.19. The summed E-state index contributed by atoms with van der Waals surface area (Å²) in [6, 6.07) is 11.0. The van der Waals surface area contributed by atoms with Crippen molar-refractivity contribution >= 4 is 22.6 Å². The van der Waals surface area contributed by atoms with Gasteiger partial charge in [0.05, 0.1) is 13.7 Å². The maximum absolute atomic E-state index is 12.6. The molecule has 0 amide bonds. The topological polar surface area (TPSA) is 79.1 Å². The van der Waals surface area contributed by atoms with E-state index in [9.17, 15) is 9.90 Å². The van der Waals surface area contributed by atoms with E-state index in [-0.39, 0.29) is 10.8 Å². The van der Waals surface area contributed by atoms with Gasteiger partial charge in [-0.3, -0.25) is 0 Å². The molecule has 0 spiro atoms. The van der Waals surface area contributed by atoms with Crippen LogP contribution in [0.15, 0.2) is 45.6 Å². The van der Waals surface area contributed by atoms with Gasteiger partial charge in [-0.25, -0.2) is 4.79 Å². The van der Waals surface area contributed by atoms with Gasteiger partial charge in [-0.2, -0.15) is 0 Å². The molecule has 1 aromatic heterocycles. The van der Waals surface area contributed by atoms with Gasteiger partial charge in [-0.05, 0) is 29.7 Å². The number of methoxy groups -OCH3 is 1. The lowest BCUT2D eigenvalue weighted by Gasteiger charge is -2.18. The van der Waals surface area contributed by atoms with E-state index >= 15 is 0 Å². The van der Waals surface area contributed by atoms with Crippen molar-refractivity contribution in [2.24, 2.45) is 0 Å². The molecule has 0 radical (unpaired) electrons. The first kappa shape index (κ1) is 20.2. The fraction of sp³-hybridized carbons (Fsp3) is 0.318. The highest BCUT2D eigenvalue weighted by Crippen LogP contribution is 2.33. The van der Waals surface area contributed by atoms with Gasteiger partial charge >= 0.3 is 5.63 Å². The molecule has 0 saturated carbocycles. The predicted octanol–water partition coefficient (Wildman–Crippen LogP) is 2.79. The monoisotopic (exact) mass is 401 g/mol. The summed E-state index contributed by atoms with van der Waals surface area (Å²) < 4.78 is 10.8. The molecule has 148 valence electrons. The molecule has 2 aromatic carbocycles. The summed E-state index contributed by atoms with van der Waals surface area (Å²) in [5.74, 6) is 0.573. The van der Waals surface area contributed by atoms with Crippen LogP contribution in [0.25, 0.3) is 11.0 Å². The van der Waals surface area contributed by atoms with Crippen molar-refractivity contribution in [3.05, 3.63) is 68.5 Å². The zero-order chi connectivity index (χ0) is 20.1. The van der Waals surface area contributed by atoms with Gasteiger partial charge in [-0.15, -0.1) is 0 Å². The number of halogens is 1. The number of fused-ring (bicyclic) bond motifs is 1. The third-order valence-electron chi connectivity index (χ3n) is 4.80. The molecule has 6 heteroatoms. The molecule has 2 N–H and O–H groups in total. The molecular weight excluding hydrogens is 378 g/mol. The second-order valence-corrected chi connectivity index (χ2v) is 7.13. The average Bonchev–Trinajstić information content (AvgIpc) is 2.69. The number of rotatable bonds is 8. The van der Waals surface area contributed by atoms with E-state index in [1.54, 1.807) is 13.2 Å². The summed E-state index contributed by atoms with van der Waals surface area (Å²) in [5.41, 5.74) is 2.34. The maximum Gasteiger partial charge on any atom is 0.336 e. The lowest BCUT2D eigenvalue weighted by Crippen LogP contribution is -2.83. The third-order valence-corrected chi connectivity index (χ3v) is 5.08. The van der Waals surface area contributed by atoms with Crippen molar-refractivity contribution in [2.75, 3.05) is 13.7 Å². The number of quaternary nitrogens is 1. The van der Waals surface area contributed by atoms with Crippen LogP contribution >= 0.6 is 11.6 Å². The smallest absolute Gasteiger partial charge is 0.336 e. The number of aryl methyl sites for hydroxylation is 1. The first-order chi connectivity index (χ1) is 13.5. The van der Waals surface area contributed by atoms with Crippen LogP contribution in [0, 0.1) is 0 Å². The largest absolute Gasteiger partial charge is 0.871 e. The van der Waals surface area contributed by atoms with Crippen LogP contribution in [0.1, 0.15) is 30.0 Å². The minimum atomic E-state index is -0.437. The molecule has 0 aliphatic heterocycles. The average molecular weight is 402 g/mol. The Balaban J connectivity index is 1.84. The Kier molecular flexibility index (Phi) is 6.60. The van der Waals surface area contributed by atoms with Crippen molar-refractivity contribution in [2.45, 2.75) is 32.7 Å². The predicted molar refractivity (Wildman–Crippen MR) is 108 cm³/mol. The van der Waals surface area contributed by atoms with Gasteiger partial charge in [0.1, 0.15) is 17.9 Å². The highest BCUT2D eigenvalue weighted by atomic mass is 35.5. The van der Waals surface area contributed by atoms with Gasteiger partial charge < -0.3 is 19.6 Å². The second-order valence-electron chi connectivity index (χ2n) is 6.73. The van der Waals surface area contributed by atoms with E-state index in [4.69, 9.17) is 20.8 Å². The van der Waals surface area contributed by atoms with Crippen molar-refractivity contribution < 1.29 is 19.6 Å². The van der Waals surface area contributed by atoms with Gasteiger partial charge in [0.2, 0.25) is 0 Å². The number of hydrogen-bond donors (Lipinski definition) is 1. The molecule has 0 bridgehead atoms.